The van der Waals surface area contributed by atoms with Gasteiger partial charge in [-0.1, -0.05) is 50.6 Å². The van der Waals surface area contributed by atoms with Gasteiger partial charge in [0.1, 0.15) is 17.6 Å². The van der Waals surface area contributed by atoms with Crippen LogP contribution in [-0.4, -0.2) is 66.8 Å². The number of halogens is 1. The van der Waals surface area contributed by atoms with E-state index in [4.69, 9.17) is 19.9 Å². The van der Waals surface area contributed by atoms with Gasteiger partial charge in [0.25, 0.3) is 5.95 Å². The van der Waals surface area contributed by atoms with Crippen molar-refractivity contribution in [2.45, 2.75) is 69.7 Å². The molecule has 1 aliphatic rings. The fraction of sp³-hybridized carbons (Fsp3) is 0.342. The summed E-state index contributed by atoms with van der Waals surface area (Å²) in [6, 6.07) is 16.1. The second-order valence-electron chi connectivity index (χ2n) is 13.0. The van der Waals surface area contributed by atoms with Crippen molar-refractivity contribution in [3.63, 3.8) is 0 Å². The van der Waals surface area contributed by atoms with E-state index in [1.165, 1.54) is 44.4 Å². The number of hydrogen-bond acceptors (Lipinski definition) is 11. The maximum Gasteiger partial charge on any atom is 0.424 e. The number of amides is 2. The number of carbonyl (C=O) groups is 3. The number of hydrogen-bond donors (Lipinski definition) is 2. The van der Waals surface area contributed by atoms with E-state index in [9.17, 15) is 27.2 Å². The Morgan fingerprint density at radius 3 is 2.35 bits per heavy atom. The van der Waals surface area contributed by atoms with Crippen LogP contribution < -0.4 is 20.7 Å². The number of rotatable bonds is 13. The van der Waals surface area contributed by atoms with Crippen LogP contribution in [0.3, 0.4) is 0 Å². The summed E-state index contributed by atoms with van der Waals surface area (Å²) < 4.78 is 55.9. The Balaban J connectivity index is 1.36. The van der Waals surface area contributed by atoms with Gasteiger partial charge in [0, 0.05) is 30.9 Å². The first-order valence-corrected chi connectivity index (χ1v) is 19.1. The highest BCUT2D eigenvalue weighted by Gasteiger charge is 2.32. The zero-order chi connectivity index (χ0) is 39.3. The Kier molecular flexibility index (Phi) is 12.2. The van der Waals surface area contributed by atoms with Gasteiger partial charge < -0.3 is 25.3 Å². The first kappa shape index (κ1) is 39.6. The number of anilines is 3. The van der Waals surface area contributed by atoms with Gasteiger partial charge >= 0.3 is 12.1 Å². The standard InChI is InChI=1S/C38H43FN6O8S/c1-7-22(2)34(40)36(47)52-24(4)53-38(48)45(31-18-17-30(54(6,49)50)20-32(31)51-5)37-42-33-19-12-27(21-44(33)43-37)26-10-15-29(16-11-26)41-35(46)23(3)25-8-13-28(39)14-9-25/h8-20,22-24,27,34H,7,21,40H2,1-6H3,(H,41,46)/t22-,23+,24?,27?,34-/m0/s1. The van der Waals surface area contributed by atoms with Gasteiger partial charge in [-0.05, 0) is 66.4 Å². The Hall–Kier alpha value is -5.61. The highest BCUT2D eigenvalue weighted by molar-refractivity contribution is 7.90. The van der Waals surface area contributed by atoms with Gasteiger partial charge in [-0.3, -0.25) is 9.59 Å². The van der Waals surface area contributed by atoms with Crippen LogP contribution in [0.25, 0.3) is 6.08 Å². The van der Waals surface area contributed by atoms with Gasteiger partial charge in [-0.25, -0.2) is 27.2 Å². The molecule has 286 valence electrons. The van der Waals surface area contributed by atoms with Crippen molar-refractivity contribution < 1.29 is 41.4 Å². The number of sulfone groups is 1. The lowest BCUT2D eigenvalue weighted by atomic mass is 9.96. The van der Waals surface area contributed by atoms with E-state index in [0.717, 1.165) is 16.7 Å². The summed E-state index contributed by atoms with van der Waals surface area (Å²) in [5.41, 5.74) is 8.27. The number of aromatic nitrogens is 3. The number of allylic oxidation sites excluding steroid dienone is 1. The number of ether oxygens (including phenoxy) is 3. The number of nitrogens with one attached hydrogen (secondary N) is 1. The van der Waals surface area contributed by atoms with E-state index in [1.807, 2.05) is 25.1 Å². The Bertz CT molecular complexity index is 2140. The van der Waals surface area contributed by atoms with E-state index in [2.05, 4.69) is 15.4 Å². The van der Waals surface area contributed by atoms with Crippen LogP contribution >= 0.6 is 0 Å². The number of benzene rings is 3. The molecule has 2 amide bonds. The Labute approximate surface area is 313 Å². The second-order valence-corrected chi connectivity index (χ2v) is 15.1. The topological polar surface area (TPSA) is 185 Å². The largest absolute Gasteiger partial charge is 0.495 e. The van der Waals surface area contributed by atoms with E-state index >= 15 is 0 Å². The van der Waals surface area contributed by atoms with Gasteiger partial charge in [-0.2, -0.15) is 4.98 Å². The number of nitrogens with two attached hydrogens (primary N) is 1. The molecule has 0 radical (unpaired) electrons. The zero-order valence-corrected chi connectivity index (χ0v) is 31.5. The van der Waals surface area contributed by atoms with Crippen molar-refractivity contribution in [1.29, 1.82) is 0 Å². The highest BCUT2D eigenvalue weighted by atomic mass is 32.2. The molecule has 5 atom stereocenters. The van der Waals surface area contributed by atoms with Gasteiger partial charge in [0.2, 0.25) is 12.2 Å². The maximum atomic E-state index is 13.8. The molecule has 2 heterocycles. The van der Waals surface area contributed by atoms with Crippen molar-refractivity contribution in [3.8, 4) is 5.75 Å². The molecule has 0 aliphatic carbocycles. The molecule has 0 spiro atoms. The number of carbonyl (C=O) groups excluding carboxylic acids is 3. The molecule has 14 nitrogen and oxygen atoms in total. The van der Waals surface area contributed by atoms with Crippen LogP contribution in [0.2, 0.25) is 0 Å². The second kappa shape index (κ2) is 16.6. The quantitative estimate of drug-likeness (QED) is 0.122. The van der Waals surface area contributed by atoms with Crippen LogP contribution in [0.4, 0.5) is 26.5 Å². The van der Waals surface area contributed by atoms with Crippen LogP contribution in [0, 0.1) is 11.7 Å². The van der Waals surface area contributed by atoms with Gasteiger partial charge in [-0.15, -0.1) is 5.10 Å². The van der Waals surface area contributed by atoms with Gasteiger partial charge in [0.05, 0.1) is 30.2 Å². The molecule has 1 aliphatic heterocycles. The molecule has 3 aromatic carbocycles. The lowest BCUT2D eigenvalue weighted by molar-refractivity contribution is -0.167. The van der Waals surface area contributed by atoms with Crippen LogP contribution in [0.5, 0.6) is 5.75 Å². The van der Waals surface area contributed by atoms with Crippen molar-refractivity contribution in [2.24, 2.45) is 11.7 Å². The SMILES string of the molecule is CC[C@H](C)[C@H](N)C(=O)OC(C)OC(=O)N(c1nc2n(n1)CC(c1ccc(NC(=O)[C@H](C)c3ccc(F)cc3)cc1)C=C2)c1ccc(S(C)(=O)=O)cc1OC. The zero-order valence-electron chi connectivity index (χ0n) is 30.7. The lowest BCUT2D eigenvalue weighted by Crippen LogP contribution is -2.41. The fourth-order valence-corrected chi connectivity index (χ4v) is 6.27. The van der Waals surface area contributed by atoms with E-state index < -0.39 is 40.1 Å². The molecule has 0 bridgehead atoms. The third-order valence-electron chi connectivity index (χ3n) is 9.19. The average molecular weight is 763 g/mol. The van der Waals surface area contributed by atoms with Crippen molar-refractivity contribution in [2.75, 3.05) is 23.6 Å². The van der Waals surface area contributed by atoms with Crippen molar-refractivity contribution in [3.05, 3.63) is 95.6 Å². The molecule has 0 saturated carbocycles. The highest BCUT2D eigenvalue weighted by Crippen LogP contribution is 2.36. The molecular weight excluding hydrogens is 720 g/mol. The van der Waals surface area contributed by atoms with Crippen LogP contribution in [0.15, 0.2) is 77.7 Å². The van der Waals surface area contributed by atoms with E-state index in [1.54, 1.807) is 48.9 Å². The minimum absolute atomic E-state index is 0.0127. The van der Waals surface area contributed by atoms with Gasteiger partial charge in [0.15, 0.2) is 15.7 Å². The Morgan fingerprint density at radius 1 is 1.04 bits per heavy atom. The maximum absolute atomic E-state index is 13.8. The lowest BCUT2D eigenvalue weighted by Gasteiger charge is -2.24. The Morgan fingerprint density at radius 2 is 1.72 bits per heavy atom. The normalized spacial score (nSPS) is 16.0. The van der Waals surface area contributed by atoms with Crippen LogP contribution in [0.1, 0.15) is 62.9 Å². The van der Waals surface area contributed by atoms with E-state index in [-0.39, 0.29) is 45.8 Å². The molecule has 2 unspecified atom stereocenters. The average Bonchev–Trinajstić information content (AvgIpc) is 3.56. The minimum atomic E-state index is -3.63. The van der Waals surface area contributed by atoms with E-state index in [0.29, 0.717) is 30.0 Å². The summed E-state index contributed by atoms with van der Waals surface area (Å²) in [6.07, 6.45) is 2.97. The third-order valence-corrected chi connectivity index (χ3v) is 10.3. The first-order valence-electron chi connectivity index (χ1n) is 17.2. The predicted molar refractivity (Wildman–Crippen MR) is 199 cm³/mol. The molecule has 5 rings (SSSR count). The number of nitrogens with zero attached hydrogens (tertiary/aromatic N) is 4. The number of esters is 1. The molecular formula is C38H43FN6O8S. The molecule has 16 heteroatoms. The molecule has 54 heavy (non-hydrogen) atoms. The summed E-state index contributed by atoms with van der Waals surface area (Å²) in [7, 11) is -2.32. The summed E-state index contributed by atoms with van der Waals surface area (Å²) in [6.45, 7) is 7.13. The van der Waals surface area contributed by atoms with Crippen molar-refractivity contribution >= 4 is 51.2 Å². The fourth-order valence-electron chi connectivity index (χ4n) is 5.64. The van der Waals surface area contributed by atoms with Crippen LogP contribution in [-0.2, 0) is 35.4 Å². The monoisotopic (exact) mass is 762 g/mol. The summed E-state index contributed by atoms with van der Waals surface area (Å²) >= 11 is 0. The first-order chi connectivity index (χ1) is 25.6. The summed E-state index contributed by atoms with van der Waals surface area (Å²) in [4.78, 5) is 44.9. The smallest absolute Gasteiger partial charge is 0.424 e. The predicted octanol–water partition coefficient (Wildman–Crippen LogP) is 5.92. The molecule has 3 N–H and O–H groups in total. The molecule has 4 aromatic rings. The minimum Gasteiger partial charge on any atom is -0.495 e. The number of fused-ring (bicyclic) bond motifs is 1. The molecule has 0 saturated heterocycles. The molecule has 1 aromatic heterocycles. The summed E-state index contributed by atoms with van der Waals surface area (Å²) in [5.74, 6) is -1.86. The van der Waals surface area contributed by atoms with Crippen molar-refractivity contribution in [1.82, 2.24) is 14.8 Å². The number of methoxy groups -OCH3 is 1. The summed E-state index contributed by atoms with van der Waals surface area (Å²) in [5, 5.41) is 7.50. The third kappa shape index (κ3) is 9.12. The molecule has 0 fully saturated rings.